The molecule has 50 heavy (non-hydrogen) atoms. The second kappa shape index (κ2) is 11.4. The van der Waals surface area contributed by atoms with Crippen LogP contribution >= 0.6 is 0 Å². The summed E-state index contributed by atoms with van der Waals surface area (Å²) in [6, 6.07) is 55.7. The molecule has 0 aliphatic carbocycles. The Hall–Kier alpha value is -6.85. The van der Waals surface area contributed by atoms with Gasteiger partial charge in [-0.15, -0.1) is 0 Å². The number of rotatable bonds is 5. The summed E-state index contributed by atoms with van der Waals surface area (Å²) in [7, 11) is 0. The highest BCUT2D eigenvalue weighted by Gasteiger charge is 2.18. The Morgan fingerprint density at radius 1 is 0.300 bits per heavy atom. The van der Waals surface area contributed by atoms with Crippen molar-refractivity contribution in [2.24, 2.45) is 0 Å². The third-order valence-corrected chi connectivity index (χ3v) is 9.36. The van der Waals surface area contributed by atoms with E-state index in [4.69, 9.17) is 23.8 Å². The Morgan fingerprint density at radius 3 is 1.50 bits per heavy atom. The van der Waals surface area contributed by atoms with E-state index < -0.39 is 0 Å². The van der Waals surface area contributed by atoms with Crippen molar-refractivity contribution < 1.29 is 8.83 Å². The third kappa shape index (κ3) is 4.67. The van der Waals surface area contributed by atoms with E-state index in [9.17, 15) is 0 Å². The third-order valence-electron chi connectivity index (χ3n) is 9.36. The lowest BCUT2D eigenvalue weighted by atomic mass is 9.93. The van der Waals surface area contributed by atoms with Crippen molar-refractivity contribution in [3.05, 3.63) is 164 Å². The van der Waals surface area contributed by atoms with Crippen LogP contribution in [-0.4, -0.2) is 15.0 Å². The van der Waals surface area contributed by atoms with Gasteiger partial charge in [0.1, 0.15) is 22.3 Å². The highest BCUT2D eigenvalue weighted by Crippen LogP contribution is 2.41. The van der Waals surface area contributed by atoms with Crippen molar-refractivity contribution in [2.45, 2.75) is 0 Å². The minimum absolute atomic E-state index is 0.592. The average Bonchev–Trinajstić information content (AvgIpc) is 3.76. The van der Waals surface area contributed by atoms with Gasteiger partial charge in [0.15, 0.2) is 17.5 Å². The number of benzene rings is 7. The van der Waals surface area contributed by atoms with Gasteiger partial charge in [0.2, 0.25) is 0 Å². The molecule has 0 saturated carbocycles. The first-order valence-electron chi connectivity index (χ1n) is 16.6. The summed E-state index contributed by atoms with van der Waals surface area (Å²) in [6.45, 7) is 0. The van der Waals surface area contributed by atoms with Crippen LogP contribution in [0.1, 0.15) is 0 Å². The predicted octanol–water partition coefficient (Wildman–Crippen LogP) is 12.0. The van der Waals surface area contributed by atoms with Crippen LogP contribution in [-0.2, 0) is 0 Å². The van der Waals surface area contributed by atoms with Gasteiger partial charge in [-0.25, -0.2) is 15.0 Å². The highest BCUT2D eigenvalue weighted by atomic mass is 16.3. The molecule has 0 amide bonds. The first-order chi connectivity index (χ1) is 24.8. The Morgan fingerprint density at radius 2 is 0.800 bits per heavy atom. The smallest absolute Gasteiger partial charge is 0.164 e. The standard InChI is InChI=1S/C45H27N3O2/c1-3-12-28(13-4-1)43-46-44(29-14-5-2-6-15-29)48-45(47-43)31-23-25-36-35-24-22-30(26-40(35)49-41(36)27-31)32-16-7-8-17-33(32)37-19-11-20-38-34-18-9-10-21-39(34)50-42(37)38/h1-27H. The van der Waals surface area contributed by atoms with Gasteiger partial charge >= 0.3 is 0 Å². The molecule has 0 unspecified atom stereocenters. The summed E-state index contributed by atoms with van der Waals surface area (Å²) in [5.41, 5.74) is 10.4. The Bertz CT molecular complexity index is 2810. The summed E-state index contributed by atoms with van der Waals surface area (Å²) < 4.78 is 13.0. The normalized spacial score (nSPS) is 11.6. The molecule has 0 fully saturated rings. The van der Waals surface area contributed by atoms with Gasteiger partial charge < -0.3 is 8.83 Å². The van der Waals surface area contributed by atoms with Crippen LogP contribution < -0.4 is 0 Å². The summed E-state index contributed by atoms with van der Waals surface area (Å²) >= 11 is 0. The fraction of sp³-hybridized carbons (Fsp3) is 0. The molecule has 7 aromatic carbocycles. The maximum atomic E-state index is 6.57. The van der Waals surface area contributed by atoms with Gasteiger partial charge in [-0.05, 0) is 47.0 Å². The molecule has 5 heteroatoms. The van der Waals surface area contributed by atoms with Crippen LogP contribution in [0.4, 0.5) is 0 Å². The summed E-state index contributed by atoms with van der Waals surface area (Å²) in [4.78, 5) is 14.7. The molecule has 10 rings (SSSR count). The number of furan rings is 2. The number of para-hydroxylation sites is 2. The molecular formula is C45H27N3O2. The first kappa shape index (κ1) is 28.2. The van der Waals surface area contributed by atoms with E-state index >= 15 is 0 Å². The average molecular weight is 642 g/mol. The zero-order valence-corrected chi connectivity index (χ0v) is 26.7. The van der Waals surface area contributed by atoms with Gasteiger partial charge in [-0.1, -0.05) is 133 Å². The molecule has 5 nitrogen and oxygen atoms in total. The zero-order valence-electron chi connectivity index (χ0n) is 26.7. The van der Waals surface area contributed by atoms with Gasteiger partial charge in [0.05, 0.1) is 0 Å². The van der Waals surface area contributed by atoms with E-state index in [1.807, 2.05) is 78.9 Å². The van der Waals surface area contributed by atoms with E-state index in [2.05, 4.69) is 84.9 Å². The SMILES string of the molecule is c1ccc(-c2nc(-c3ccccc3)nc(-c3ccc4c(c3)oc3cc(-c5ccccc5-c5cccc6c5oc5ccccc56)ccc34)n2)cc1. The molecule has 0 bridgehead atoms. The number of aromatic nitrogens is 3. The van der Waals surface area contributed by atoms with E-state index in [-0.39, 0.29) is 0 Å². The Balaban J connectivity index is 1.08. The minimum Gasteiger partial charge on any atom is -0.456 e. The molecule has 0 spiro atoms. The molecule has 10 aromatic rings. The number of nitrogens with zero attached hydrogens (tertiary/aromatic N) is 3. The Kier molecular flexibility index (Phi) is 6.42. The number of hydrogen-bond acceptors (Lipinski definition) is 5. The van der Waals surface area contributed by atoms with Crippen LogP contribution in [0.5, 0.6) is 0 Å². The highest BCUT2D eigenvalue weighted by molar-refractivity contribution is 6.11. The van der Waals surface area contributed by atoms with E-state index in [0.29, 0.717) is 17.5 Å². The van der Waals surface area contributed by atoms with Crippen molar-refractivity contribution >= 4 is 43.9 Å². The van der Waals surface area contributed by atoms with Crippen LogP contribution in [0.3, 0.4) is 0 Å². The lowest BCUT2D eigenvalue weighted by molar-refractivity contribution is 0.669. The molecule has 0 atom stereocenters. The summed E-state index contributed by atoms with van der Waals surface area (Å²) in [5, 5.41) is 4.32. The molecule has 0 saturated heterocycles. The summed E-state index contributed by atoms with van der Waals surface area (Å²) in [6.07, 6.45) is 0. The maximum absolute atomic E-state index is 6.57. The lowest BCUT2D eigenvalue weighted by Crippen LogP contribution is -2.00. The maximum Gasteiger partial charge on any atom is 0.164 e. The van der Waals surface area contributed by atoms with Crippen molar-refractivity contribution in [3.8, 4) is 56.4 Å². The molecule has 3 heterocycles. The van der Waals surface area contributed by atoms with Crippen LogP contribution in [0.25, 0.3) is 100 Å². The van der Waals surface area contributed by atoms with Crippen molar-refractivity contribution in [1.82, 2.24) is 15.0 Å². The predicted molar refractivity (Wildman–Crippen MR) is 202 cm³/mol. The quantitative estimate of drug-likeness (QED) is 0.187. The van der Waals surface area contributed by atoms with Crippen molar-refractivity contribution in [2.75, 3.05) is 0 Å². The van der Waals surface area contributed by atoms with Crippen LogP contribution in [0.15, 0.2) is 173 Å². The van der Waals surface area contributed by atoms with Gasteiger partial charge in [-0.2, -0.15) is 0 Å². The molecule has 0 aliphatic rings. The van der Waals surface area contributed by atoms with Gasteiger partial charge in [-0.3, -0.25) is 0 Å². The molecule has 3 aromatic heterocycles. The largest absolute Gasteiger partial charge is 0.456 e. The first-order valence-corrected chi connectivity index (χ1v) is 16.6. The van der Waals surface area contributed by atoms with Crippen molar-refractivity contribution in [1.29, 1.82) is 0 Å². The number of fused-ring (bicyclic) bond motifs is 6. The molecular weight excluding hydrogens is 615 g/mol. The fourth-order valence-electron chi connectivity index (χ4n) is 6.95. The van der Waals surface area contributed by atoms with Crippen LogP contribution in [0.2, 0.25) is 0 Å². The minimum atomic E-state index is 0.592. The zero-order chi connectivity index (χ0) is 33.0. The second-order valence-electron chi connectivity index (χ2n) is 12.4. The topological polar surface area (TPSA) is 65.0 Å². The van der Waals surface area contributed by atoms with Gasteiger partial charge in [0, 0.05) is 43.8 Å². The summed E-state index contributed by atoms with van der Waals surface area (Å²) in [5.74, 6) is 1.84. The number of hydrogen-bond donors (Lipinski definition) is 0. The van der Waals surface area contributed by atoms with E-state index in [1.54, 1.807) is 0 Å². The van der Waals surface area contributed by atoms with E-state index in [1.165, 1.54) is 0 Å². The van der Waals surface area contributed by atoms with Crippen molar-refractivity contribution in [3.63, 3.8) is 0 Å². The fourth-order valence-corrected chi connectivity index (χ4v) is 6.95. The lowest BCUT2D eigenvalue weighted by Gasteiger charge is -2.11. The molecule has 234 valence electrons. The molecule has 0 radical (unpaired) electrons. The molecule has 0 aliphatic heterocycles. The monoisotopic (exact) mass is 641 g/mol. The molecule has 0 N–H and O–H groups in total. The van der Waals surface area contributed by atoms with E-state index in [0.717, 1.165) is 82.8 Å². The second-order valence-corrected chi connectivity index (χ2v) is 12.4. The van der Waals surface area contributed by atoms with Gasteiger partial charge in [0.25, 0.3) is 0 Å². The Labute approximate surface area is 287 Å². The van der Waals surface area contributed by atoms with Crippen LogP contribution in [0, 0.1) is 0 Å².